The lowest BCUT2D eigenvalue weighted by Crippen LogP contribution is -2.09. The highest BCUT2D eigenvalue weighted by Crippen LogP contribution is 2.24. The van der Waals surface area contributed by atoms with E-state index < -0.39 is 0 Å². The van der Waals surface area contributed by atoms with Crippen molar-refractivity contribution in [3.8, 4) is 0 Å². The molecule has 100 valence electrons. The zero-order chi connectivity index (χ0) is 13.9. The molecule has 0 aliphatic heterocycles. The van der Waals surface area contributed by atoms with E-state index in [1.807, 2.05) is 37.3 Å². The van der Waals surface area contributed by atoms with Crippen molar-refractivity contribution in [2.24, 2.45) is 0 Å². The van der Waals surface area contributed by atoms with E-state index in [0.29, 0.717) is 0 Å². The Labute approximate surface area is 116 Å². The Kier molecular flexibility index (Phi) is 3.29. The molecule has 3 aromatic rings. The number of pyridine rings is 2. The third kappa shape index (κ3) is 2.45. The Hall–Kier alpha value is -2.49. The first-order chi connectivity index (χ1) is 9.74. The third-order valence-corrected chi connectivity index (χ3v) is 3.20. The first-order valence-electron chi connectivity index (χ1n) is 6.46. The molecule has 0 aliphatic rings. The molecule has 0 spiro atoms. The minimum Gasteiger partial charge on any atom is -0.375 e. The highest BCUT2D eigenvalue weighted by atomic mass is 19.1. The first-order valence-corrected chi connectivity index (χ1v) is 6.46. The van der Waals surface area contributed by atoms with Crippen LogP contribution in [-0.4, -0.2) is 9.97 Å². The van der Waals surface area contributed by atoms with E-state index >= 15 is 0 Å². The molecular weight excluding hydrogens is 253 g/mol. The van der Waals surface area contributed by atoms with Crippen LogP contribution in [0.4, 0.5) is 10.1 Å². The van der Waals surface area contributed by atoms with E-state index in [0.717, 1.165) is 22.3 Å². The Balaban J connectivity index is 1.91. The number of anilines is 1. The molecule has 20 heavy (non-hydrogen) atoms. The number of nitrogens with one attached hydrogen (secondary N) is 1. The average Bonchev–Trinajstić information content (AvgIpc) is 2.48. The summed E-state index contributed by atoms with van der Waals surface area (Å²) < 4.78 is 12.9. The van der Waals surface area contributed by atoms with Gasteiger partial charge in [-0.25, -0.2) is 4.39 Å². The van der Waals surface area contributed by atoms with Crippen molar-refractivity contribution in [3.63, 3.8) is 0 Å². The summed E-state index contributed by atoms with van der Waals surface area (Å²) in [6.45, 7) is 1.99. The number of benzene rings is 1. The van der Waals surface area contributed by atoms with Crippen molar-refractivity contribution < 1.29 is 4.39 Å². The lowest BCUT2D eigenvalue weighted by atomic mass is 10.1. The van der Waals surface area contributed by atoms with Crippen LogP contribution in [0.1, 0.15) is 18.7 Å². The summed E-state index contributed by atoms with van der Waals surface area (Å²) in [7, 11) is 0. The lowest BCUT2D eigenvalue weighted by molar-refractivity contribution is 0.617. The minimum absolute atomic E-state index is 0.0248. The first kappa shape index (κ1) is 12.5. The van der Waals surface area contributed by atoms with Gasteiger partial charge in [0, 0.05) is 11.6 Å². The van der Waals surface area contributed by atoms with Crippen LogP contribution in [0.5, 0.6) is 0 Å². The molecule has 0 bridgehead atoms. The van der Waals surface area contributed by atoms with Gasteiger partial charge in [-0.3, -0.25) is 9.97 Å². The number of aromatic nitrogens is 2. The van der Waals surface area contributed by atoms with Gasteiger partial charge in [0.1, 0.15) is 5.82 Å². The Morgan fingerprint density at radius 3 is 2.70 bits per heavy atom. The normalized spacial score (nSPS) is 12.3. The van der Waals surface area contributed by atoms with Crippen molar-refractivity contribution in [2.45, 2.75) is 13.0 Å². The van der Waals surface area contributed by atoms with Gasteiger partial charge in [-0.15, -0.1) is 0 Å². The molecule has 0 radical (unpaired) electrons. The molecule has 1 atom stereocenters. The van der Waals surface area contributed by atoms with Gasteiger partial charge >= 0.3 is 0 Å². The maximum absolute atomic E-state index is 12.9. The summed E-state index contributed by atoms with van der Waals surface area (Å²) in [6.07, 6.45) is 3.00. The number of hydrogen-bond donors (Lipinski definition) is 1. The van der Waals surface area contributed by atoms with Gasteiger partial charge in [-0.1, -0.05) is 18.2 Å². The summed E-state index contributed by atoms with van der Waals surface area (Å²) in [5, 5.41) is 4.45. The fourth-order valence-corrected chi connectivity index (χ4v) is 2.17. The van der Waals surface area contributed by atoms with Gasteiger partial charge < -0.3 is 5.32 Å². The number of halogens is 1. The van der Waals surface area contributed by atoms with E-state index in [9.17, 15) is 4.39 Å². The fraction of sp³-hybridized carbons (Fsp3) is 0.125. The molecule has 0 saturated carbocycles. The van der Waals surface area contributed by atoms with Crippen molar-refractivity contribution in [2.75, 3.05) is 5.32 Å². The number of rotatable bonds is 3. The molecular formula is C16H14FN3. The molecule has 4 heteroatoms. The highest BCUT2D eigenvalue weighted by Gasteiger charge is 2.09. The molecule has 0 aliphatic carbocycles. The summed E-state index contributed by atoms with van der Waals surface area (Å²) in [6, 6.07) is 13.0. The molecule has 1 aromatic carbocycles. The van der Waals surface area contributed by atoms with E-state index in [1.165, 1.54) is 12.3 Å². The van der Waals surface area contributed by atoms with Gasteiger partial charge in [-0.2, -0.15) is 0 Å². The quantitative estimate of drug-likeness (QED) is 0.781. The van der Waals surface area contributed by atoms with Crippen LogP contribution in [-0.2, 0) is 0 Å². The molecule has 0 amide bonds. The highest BCUT2D eigenvalue weighted by molar-refractivity contribution is 5.90. The SMILES string of the molecule is CC(Nc1cccc2cccnc12)c1ccc(F)cn1. The Morgan fingerprint density at radius 1 is 1.05 bits per heavy atom. The van der Waals surface area contributed by atoms with E-state index in [1.54, 1.807) is 12.3 Å². The third-order valence-electron chi connectivity index (χ3n) is 3.20. The second-order valence-corrected chi connectivity index (χ2v) is 4.65. The molecule has 0 fully saturated rings. The molecule has 0 saturated heterocycles. The van der Waals surface area contributed by atoms with E-state index in [-0.39, 0.29) is 11.9 Å². The number of nitrogens with zero attached hydrogens (tertiary/aromatic N) is 2. The van der Waals surface area contributed by atoms with Crippen LogP contribution in [0.15, 0.2) is 54.9 Å². The standard InChI is InChI=1S/C16H14FN3/c1-11(14-8-7-13(17)10-19-14)20-15-6-2-4-12-5-3-9-18-16(12)15/h2-11,20H,1H3. The minimum atomic E-state index is -0.326. The van der Waals surface area contributed by atoms with Gasteiger partial charge in [0.25, 0.3) is 0 Å². The number of fused-ring (bicyclic) bond motifs is 1. The molecule has 2 heterocycles. The van der Waals surface area contributed by atoms with Crippen LogP contribution in [0.2, 0.25) is 0 Å². The number of para-hydroxylation sites is 1. The van der Waals surface area contributed by atoms with Crippen LogP contribution in [0, 0.1) is 5.82 Å². The van der Waals surface area contributed by atoms with Crippen LogP contribution in [0.25, 0.3) is 10.9 Å². The largest absolute Gasteiger partial charge is 0.375 e. The molecule has 1 N–H and O–H groups in total. The van der Waals surface area contributed by atoms with Crippen molar-refractivity contribution >= 4 is 16.6 Å². The van der Waals surface area contributed by atoms with Crippen LogP contribution in [0.3, 0.4) is 0 Å². The summed E-state index contributed by atoms with van der Waals surface area (Å²) in [5.74, 6) is -0.326. The molecule has 1 unspecified atom stereocenters. The smallest absolute Gasteiger partial charge is 0.141 e. The van der Waals surface area contributed by atoms with E-state index in [2.05, 4.69) is 15.3 Å². The Bertz CT molecular complexity index is 720. The predicted molar refractivity (Wildman–Crippen MR) is 78.0 cm³/mol. The number of hydrogen-bond acceptors (Lipinski definition) is 3. The maximum Gasteiger partial charge on any atom is 0.141 e. The molecule has 3 rings (SSSR count). The van der Waals surface area contributed by atoms with Gasteiger partial charge in [0.2, 0.25) is 0 Å². The second-order valence-electron chi connectivity index (χ2n) is 4.65. The predicted octanol–water partition coefficient (Wildman–Crippen LogP) is 3.94. The van der Waals surface area contributed by atoms with Gasteiger partial charge in [0.05, 0.1) is 29.1 Å². The monoisotopic (exact) mass is 267 g/mol. The van der Waals surface area contributed by atoms with Crippen molar-refractivity contribution in [1.29, 1.82) is 0 Å². The van der Waals surface area contributed by atoms with Gasteiger partial charge in [-0.05, 0) is 31.2 Å². The molecule has 2 aromatic heterocycles. The fourth-order valence-electron chi connectivity index (χ4n) is 2.17. The summed E-state index contributed by atoms with van der Waals surface area (Å²) in [4.78, 5) is 8.50. The van der Waals surface area contributed by atoms with Crippen molar-refractivity contribution in [3.05, 3.63) is 66.4 Å². The Morgan fingerprint density at radius 2 is 1.90 bits per heavy atom. The summed E-state index contributed by atoms with van der Waals surface area (Å²) in [5.41, 5.74) is 2.66. The second kappa shape index (κ2) is 5.25. The van der Waals surface area contributed by atoms with E-state index in [4.69, 9.17) is 0 Å². The van der Waals surface area contributed by atoms with Crippen LogP contribution >= 0.6 is 0 Å². The topological polar surface area (TPSA) is 37.8 Å². The van der Waals surface area contributed by atoms with Crippen molar-refractivity contribution in [1.82, 2.24) is 9.97 Å². The maximum atomic E-state index is 12.9. The lowest BCUT2D eigenvalue weighted by Gasteiger charge is -2.16. The van der Waals surface area contributed by atoms with Gasteiger partial charge in [0.15, 0.2) is 0 Å². The van der Waals surface area contributed by atoms with Crippen LogP contribution < -0.4 is 5.32 Å². The zero-order valence-corrected chi connectivity index (χ0v) is 11.0. The average molecular weight is 267 g/mol. The zero-order valence-electron chi connectivity index (χ0n) is 11.0. The summed E-state index contributed by atoms with van der Waals surface area (Å²) >= 11 is 0. The molecule has 3 nitrogen and oxygen atoms in total.